The van der Waals surface area contributed by atoms with Gasteiger partial charge >= 0.3 is 0 Å². The fourth-order valence-electron chi connectivity index (χ4n) is 9.44. The first-order valence-corrected chi connectivity index (χ1v) is 14.0. The first-order valence-electron chi connectivity index (χ1n) is 14.0. The molecule has 0 spiro atoms. The second-order valence-electron chi connectivity index (χ2n) is 12.3. The van der Waals surface area contributed by atoms with E-state index in [2.05, 4.69) is 19.2 Å². The quantitative estimate of drug-likeness (QED) is 0.506. The molecule has 34 heavy (non-hydrogen) atoms. The number of benzene rings is 1. The third-order valence-corrected chi connectivity index (χ3v) is 11.1. The van der Waals surface area contributed by atoms with Crippen molar-refractivity contribution in [1.29, 1.82) is 0 Å². The molecule has 8 atom stereocenters. The number of fused-ring (bicyclic) bond motifs is 5. The van der Waals surface area contributed by atoms with Crippen LogP contribution in [0.4, 0.5) is 5.69 Å². The lowest BCUT2D eigenvalue weighted by Crippen LogP contribution is -2.57. The smallest absolute Gasteiger partial charge is 0.228 e. The second-order valence-corrected chi connectivity index (χ2v) is 12.3. The Kier molecular flexibility index (Phi) is 6.61. The highest BCUT2D eigenvalue weighted by Gasteiger charge is 2.63. The van der Waals surface area contributed by atoms with Crippen LogP contribution < -0.4 is 5.32 Å². The minimum Gasteiger partial charge on any atom is -0.387 e. The Morgan fingerprint density at radius 2 is 1.82 bits per heavy atom. The predicted octanol–water partition coefficient (Wildman–Crippen LogP) is 6.44. The Labute approximate surface area is 206 Å². The van der Waals surface area contributed by atoms with Gasteiger partial charge in [0.25, 0.3) is 0 Å². The first kappa shape index (κ1) is 24.3. The number of ether oxygens (including phenoxy) is 1. The number of anilines is 1. The number of hydrogen-bond donors (Lipinski definition) is 2. The standard InChI is InChI=1S/C30H45NO3/c1-4-30-18-17-29(33,20-34-5-2)19-21(30)11-12-23-24-13-14-26(28(24,3)16-15-25(23)30)27(32)31-22-9-7-6-8-10-22/h6-10,21,23-26,33H,4-5,11-20H2,1-3H3,(H,31,32). The van der Waals surface area contributed by atoms with Crippen LogP contribution in [0, 0.1) is 40.4 Å². The topological polar surface area (TPSA) is 58.6 Å². The van der Waals surface area contributed by atoms with Crippen molar-refractivity contribution in [2.45, 2.75) is 90.6 Å². The zero-order valence-corrected chi connectivity index (χ0v) is 21.5. The third kappa shape index (κ3) is 3.93. The average Bonchev–Trinajstić information content (AvgIpc) is 3.20. The second kappa shape index (κ2) is 9.24. The van der Waals surface area contributed by atoms with Crippen molar-refractivity contribution in [3.05, 3.63) is 30.3 Å². The van der Waals surface area contributed by atoms with Crippen molar-refractivity contribution in [3.63, 3.8) is 0 Å². The van der Waals surface area contributed by atoms with Gasteiger partial charge in [0.05, 0.1) is 12.2 Å². The number of rotatable bonds is 6. The molecule has 4 aliphatic rings. The van der Waals surface area contributed by atoms with Gasteiger partial charge in [-0.25, -0.2) is 0 Å². The summed E-state index contributed by atoms with van der Waals surface area (Å²) >= 11 is 0. The number of aliphatic hydroxyl groups is 1. The molecule has 8 unspecified atom stereocenters. The summed E-state index contributed by atoms with van der Waals surface area (Å²) in [5, 5.41) is 14.5. The molecule has 4 aliphatic carbocycles. The van der Waals surface area contributed by atoms with Crippen molar-refractivity contribution >= 4 is 11.6 Å². The van der Waals surface area contributed by atoms with E-state index in [-0.39, 0.29) is 17.2 Å². The van der Waals surface area contributed by atoms with Gasteiger partial charge in [0.1, 0.15) is 0 Å². The maximum absolute atomic E-state index is 13.4. The van der Waals surface area contributed by atoms with Gasteiger partial charge in [-0.15, -0.1) is 0 Å². The molecule has 2 N–H and O–H groups in total. The number of para-hydroxylation sites is 1. The van der Waals surface area contributed by atoms with Crippen LogP contribution in [0.15, 0.2) is 30.3 Å². The predicted molar refractivity (Wildman–Crippen MR) is 136 cm³/mol. The normalized spacial score (nSPS) is 43.5. The van der Waals surface area contributed by atoms with Crippen LogP contribution in [-0.4, -0.2) is 29.8 Å². The molecule has 5 rings (SSSR count). The molecular formula is C30H45NO3. The van der Waals surface area contributed by atoms with Crippen LogP contribution in [0.25, 0.3) is 0 Å². The van der Waals surface area contributed by atoms with Crippen molar-refractivity contribution < 1.29 is 14.6 Å². The Hall–Kier alpha value is -1.39. The van der Waals surface area contributed by atoms with Gasteiger partial charge in [-0.2, -0.15) is 0 Å². The van der Waals surface area contributed by atoms with E-state index < -0.39 is 5.60 Å². The highest BCUT2D eigenvalue weighted by atomic mass is 16.5. The van der Waals surface area contributed by atoms with E-state index in [4.69, 9.17) is 4.74 Å². The summed E-state index contributed by atoms with van der Waals surface area (Å²) in [5.41, 5.74) is 0.767. The molecule has 4 nitrogen and oxygen atoms in total. The molecule has 188 valence electrons. The van der Waals surface area contributed by atoms with E-state index >= 15 is 0 Å². The van der Waals surface area contributed by atoms with Crippen LogP contribution in [0.3, 0.4) is 0 Å². The summed E-state index contributed by atoms with van der Waals surface area (Å²) in [6, 6.07) is 9.95. The monoisotopic (exact) mass is 467 g/mol. The van der Waals surface area contributed by atoms with Crippen LogP contribution in [0.5, 0.6) is 0 Å². The summed E-state index contributed by atoms with van der Waals surface area (Å²) in [6.07, 6.45) is 11.3. The maximum atomic E-state index is 13.4. The zero-order valence-electron chi connectivity index (χ0n) is 21.5. The van der Waals surface area contributed by atoms with E-state index in [0.717, 1.165) is 43.2 Å². The molecule has 0 heterocycles. The van der Waals surface area contributed by atoms with Gasteiger partial charge in [-0.3, -0.25) is 4.79 Å². The Morgan fingerprint density at radius 3 is 2.56 bits per heavy atom. The van der Waals surface area contributed by atoms with Gasteiger partial charge in [-0.05, 0) is 118 Å². The first-order chi connectivity index (χ1) is 16.4. The average molecular weight is 468 g/mol. The molecule has 0 radical (unpaired) electrons. The third-order valence-electron chi connectivity index (χ3n) is 11.1. The van der Waals surface area contributed by atoms with Crippen LogP contribution >= 0.6 is 0 Å². The van der Waals surface area contributed by atoms with Crippen molar-refractivity contribution in [3.8, 4) is 0 Å². The fraction of sp³-hybridized carbons (Fsp3) is 0.767. The highest BCUT2D eigenvalue weighted by Crippen LogP contribution is 2.69. The lowest BCUT2D eigenvalue weighted by Gasteiger charge is -2.63. The summed E-state index contributed by atoms with van der Waals surface area (Å²) < 4.78 is 5.69. The molecule has 1 amide bonds. The minimum atomic E-state index is -0.636. The van der Waals surface area contributed by atoms with Gasteiger partial charge in [0, 0.05) is 18.2 Å². The van der Waals surface area contributed by atoms with E-state index in [1.54, 1.807) is 0 Å². The molecule has 0 aliphatic heterocycles. The molecular weight excluding hydrogens is 422 g/mol. The zero-order chi connectivity index (χ0) is 24.0. The van der Waals surface area contributed by atoms with Gasteiger partial charge < -0.3 is 15.2 Å². The molecule has 1 aromatic carbocycles. The number of carbonyl (C=O) groups is 1. The molecule has 0 aromatic heterocycles. The van der Waals surface area contributed by atoms with E-state index in [9.17, 15) is 9.90 Å². The van der Waals surface area contributed by atoms with E-state index in [1.807, 2.05) is 37.3 Å². The molecule has 4 saturated carbocycles. The van der Waals surface area contributed by atoms with Gasteiger partial charge in [0.2, 0.25) is 5.91 Å². The van der Waals surface area contributed by atoms with Crippen LogP contribution in [0.2, 0.25) is 0 Å². The molecule has 1 aromatic rings. The van der Waals surface area contributed by atoms with E-state index in [0.29, 0.717) is 30.5 Å². The number of hydrogen-bond acceptors (Lipinski definition) is 3. The lowest BCUT2D eigenvalue weighted by molar-refractivity contribution is -0.173. The van der Waals surface area contributed by atoms with Crippen molar-refractivity contribution in [2.24, 2.45) is 40.4 Å². The number of amides is 1. The SMILES string of the molecule is CCOCC1(O)CCC2(CC)C(CCC3C4CCC(C(=O)Nc5ccccc5)C4(C)CCC32)C1. The number of carbonyl (C=O) groups excluding carboxylic acids is 1. The van der Waals surface area contributed by atoms with Crippen LogP contribution in [-0.2, 0) is 9.53 Å². The Balaban J connectivity index is 1.33. The summed E-state index contributed by atoms with van der Waals surface area (Å²) in [5.74, 6) is 3.11. The molecule has 4 heteroatoms. The van der Waals surface area contributed by atoms with Crippen LogP contribution in [0.1, 0.15) is 85.0 Å². The largest absolute Gasteiger partial charge is 0.387 e. The van der Waals surface area contributed by atoms with Gasteiger partial charge in [-0.1, -0.05) is 32.0 Å². The highest BCUT2D eigenvalue weighted by molar-refractivity contribution is 5.93. The minimum absolute atomic E-state index is 0.117. The Morgan fingerprint density at radius 1 is 1.03 bits per heavy atom. The molecule has 0 bridgehead atoms. The summed E-state index contributed by atoms with van der Waals surface area (Å²) in [4.78, 5) is 13.4. The van der Waals surface area contributed by atoms with E-state index in [1.165, 1.54) is 38.5 Å². The fourth-order valence-corrected chi connectivity index (χ4v) is 9.44. The molecule has 0 saturated heterocycles. The van der Waals surface area contributed by atoms with Gasteiger partial charge in [0.15, 0.2) is 0 Å². The summed E-state index contributed by atoms with van der Waals surface area (Å²) in [6.45, 7) is 8.02. The lowest BCUT2D eigenvalue weighted by atomic mass is 9.42. The maximum Gasteiger partial charge on any atom is 0.228 e. The van der Waals surface area contributed by atoms with Crippen molar-refractivity contribution in [1.82, 2.24) is 0 Å². The molecule has 4 fully saturated rings. The summed E-state index contributed by atoms with van der Waals surface area (Å²) in [7, 11) is 0. The Bertz CT molecular complexity index is 873. The number of nitrogens with one attached hydrogen (secondary N) is 1. The van der Waals surface area contributed by atoms with Crippen molar-refractivity contribution in [2.75, 3.05) is 18.5 Å².